The van der Waals surface area contributed by atoms with Gasteiger partial charge in [-0.3, -0.25) is 4.99 Å². The van der Waals surface area contributed by atoms with Crippen LogP contribution in [0.1, 0.15) is 19.4 Å². The number of benzene rings is 1. The van der Waals surface area contributed by atoms with Gasteiger partial charge in [-0.05, 0) is 42.0 Å². The zero-order valence-corrected chi connectivity index (χ0v) is 13.8. The van der Waals surface area contributed by atoms with E-state index in [-0.39, 0.29) is 17.8 Å². The van der Waals surface area contributed by atoms with Crippen molar-refractivity contribution in [1.29, 1.82) is 0 Å². The maximum atomic E-state index is 13.2. The van der Waals surface area contributed by atoms with Crippen LogP contribution in [0.15, 0.2) is 34.8 Å². The fourth-order valence-corrected chi connectivity index (χ4v) is 2.73. The van der Waals surface area contributed by atoms with Crippen LogP contribution in [-0.4, -0.2) is 30.5 Å². The molecule has 0 amide bonds. The molecular formula is C16H19FN2O2S. The Morgan fingerprint density at radius 2 is 2.00 bits per heavy atom. The highest BCUT2D eigenvalue weighted by Gasteiger charge is 2.32. The van der Waals surface area contributed by atoms with E-state index in [9.17, 15) is 9.18 Å². The van der Waals surface area contributed by atoms with E-state index in [1.165, 1.54) is 31.0 Å². The quantitative estimate of drug-likeness (QED) is 0.869. The molecule has 2 rings (SSSR count). The number of carbonyl (C=O) groups is 1. The van der Waals surface area contributed by atoms with E-state index in [4.69, 9.17) is 4.74 Å². The van der Waals surface area contributed by atoms with Gasteiger partial charge in [0.15, 0.2) is 5.17 Å². The zero-order chi connectivity index (χ0) is 16.3. The first-order chi connectivity index (χ1) is 10.5. The Labute approximate surface area is 133 Å². The van der Waals surface area contributed by atoms with Crippen molar-refractivity contribution in [2.75, 3.05) is 13.4 Å². The predicted molar refractivity (Wildman–Crippen MR) is 88.0 cm³/mol. The van der Waals surface area contributed by atoms with Crippen LogP contribution in [0.2, 0.25) is 0 Å². The lowest BCUT2D eigenvalue weighted by Gasteiger charge is -2.28. The second-order valence-corrected chi connectivity index (χ2v) is 6.03. The molecule has 1 N–H and O–H groups in total. The van der Waals surface area contributed by atoms with Crippen LogP contribution < -0.4 is 5.32 Å². The Bertz CT molecular complexity index is 624. The molecule has 0 saturated carbocycles. The number of methoxy groups -OCH3 is 1. The number of ether oxygens (including phenoxy) is 1. The number of aliphatic imine (C=N–C) groups is 1. The summed E-state index contributed by atoms with van der Waals surface area (Å²) in [5.41, 5.74) is 1.83. The molecule has 0 saturated heterocycles. The van der Waals surface area contributed by atoms with Crippen molar-refractivity contribution in [3.05, 3.63) is 41.2 Å². The van der Waals surface area contributed by atoms with Gasteiger partial charge in [-0.15, -0.1) is 0 Å². The van der Waals surface area contributed by atoms with Gasteiger partial charge in [0.2, 0.25) is 0 Å². The molecule has 4 nitrogen and oxygen atoms in total. The predicted octanol–water partition coefficient (Wildman–Crippen LogP) is 3.06. The normalized spacial score (nSPS) is 18.1. The number of nitrogens with one attached hydrogen (secondary N) is 1. The number of hydrogen-bond acceptors (Lipinski definition) is 5. The van der Waals surface area contributed by atoms with Gasteiger partial charge in [-0.1, -0.05) is 25.6 Å². The van der Waals surface area contributed by atoms with Crippen molar-refractivity contribution >= 4 is 28.6 Å². The molecule has 0 unspecified atom stereocenters. The van der Waals surface area contributed by atoms with E-state index >= 15 is 0 Å². The Morgan fingerprint density at radius 1 is 1.36 bits per heavy atom. The molecule has 22 heavy (non-hydrogen) atoms. The van der Waals surface area contributed by atoms with Gasteiger partial charge < -0.3 is 10.1 Å². The number of amidine groups is 1. The summed E-state index contributed by atoms with van der Waals surface area (Å²) in [6, 6.07) is 5.72. The molecule has 118 valence electrons. The lowest BCUT2D eigenvalue weighted by Crippen LogP contribution is -2.36. The number of nitrogens with zero attached hydrogens (tertiary/aromatic N) is 1. The van der Waals surface area contributed by atoms with Crippen LogP contribution in [0.5, 0.6) is 0 Å². The molecule has 6 heteroatoms. The molecule has 0 aliphatic carbocycles. The lowest BCUT2D eigenvalue weighted by molar-refractivity contribution is -0.136. The molecule has 1 aliphatic heterocycles. The Kier molecular flexibility index (Phi) is 5.24. The van der Waals surface area contributed by atoms with Crippen molar-refractivity contribution in [1.82, 2.24) is 5.32 Å². The molecule has 0 fully saturated rings. The van der Waals surface area contributed by atoms with E-state index in [0.717, 1.165) is 10.7 Å². The summed E-state index contributed by atoms with van der Waals surface area (Å²) < 4.78 is 18.1. The van der Waals surface area contributed by atoms with E-state index in [0.29, 0.717) is 11.3 Å². The summed E-state index contributed by atoms with van der Waals surface area (Å²) in [5.74, 6) is -0.609. The molecule has 1 heterocycles. The maximum Gasteiger partial charge on any atom is 0.338 e. The monoisotopic (exact) mass is 322 g/mol. The molecule has 1 aliphatic rings. The van der Waals surface area contributed by atoms with Crippen LogP contribution in [0.4, 0.5) is 4.39 Å². The van der Waals surface area contributed by atoms with Gasteiger partial charge in [-0.25, -0.2) is 9.18 Å². The Balaban J connectivity index is 2.59. The molecule has 0 spiro atoms. The minimum Gasteiger partial charge on any atom is -0.466 e. The van der Waals surface area contributed by atoms with Gasteiger partial charge in [0.05, 0.1) is 24.4 Å². The summed E-state index contributed by atoms with van der Waals surface area (Å²) in [7, 11) is 1.35. The maximum absolute atomic E-state index is 13.2. The number of thioether (sulfide) groups is 1. The Hall–Kier alpha value is -1.82. The molecule has 1 aromatic rings. The largest absolute Gasteiger partial charge is 0.466 e. The van der Waals surface area contributed by atoms with Gasteiger partial charge >= 0.3 is 5.97 Å². The van der Waals surface area contributed by atoms with Crippen LogP contribution in [0.3, 0.4) is 0 Å². The fraction of sp³-hybridized carbons (Fsp3) is 0.375. The zero-order valence-electron chi connectivity index (χ0n) is 13.0. The first-order valence-electron chi connectivity index (χ1n) is 6.95. The van der Waals surface area contributed by atoms with E-state index < -0.39 is 5.97 Å². The van der Waals surface area contributed by atoms with Gasteiger partial charge in [-0.2, -0.15) is 0 Å². The summed E-state index contributed by atoms with van der Waals surface area (Å²) in [4.78, 5) is 16.8. The van der Waals surface area contributed by atoms with E-state index in [2.05, 4.69) is 10.3 Å². The second-order valence-electron chi connectivity index (χ2n) is 5.24. The highest BCUT2D eigenvalue weighted by molar-refractivity contribution is 8.13. The topological polar surface area (TPSA) is 50.7 Å². The minimum atomic E-state index is -0.422. The van der Waals surface area contributed by atoms with Crippen molar-refractivity contribution in [3.8, 4) is 0 Å². The molecular weight excluding hydrogens is 303 g/mol. The molecule has 1 aromatic carbocycles. The number of esters is 1. The minimum absolute atomic E-state index is 0.133. The number of hydrogen-bond donors (Lipinski definition) is 1. The highest BCUT2D eigenvalue weighted by atomic mass is 32.2. The Morgan fingerprint density at radius 3 is 2.50 bits per heavy atom. The lowest BCUT2D eigenvalue weighted by atomic mass is 9.91. The SMILES string of the molecule is COC(=O)C1=C(c2ccc(F)cc2)NC(SC)=N[C@H]1C(C)C. The van der Waals surface area contributed by atoms with E-state index in [1.807, 2.05) is 20.1 Å². The molecule has 0 aromatic heterocycles. The second kappa shape index (κ2) is 6.96. The average molecular weight is 322 g/mol. The average Bonchev–Trinajstić information content (AvgIpc) is 2.53. The van der Waals surface area contributed by atoms with Crippen molar-refractivity contribution in [2.24, 2.45) is 10.9 Å². The summed E-state index contributed by atoms with van der Waals surface area (Å²) in [5, 5.41) is 3.89. The summed E-state index contributed by atoms with van der Waals surface area (Å²) >= 11 is 1.47. The third kappa shape index (κ3) is 3.32. The third-order valence-electron chi connectivity index (χ3n) is 3.42. The number of rotatable bonds is 3. The summed E-state index contributed by atoms with van der Waals surface area (Å²) in [6.45, 7) is 4.01. The van der Waals surface area contributed by atoms with Crippen LogP contribution in [-0.2, 0) is 9.53 Å². The van der Waals surface area contributed by atoms with Crippen molar-refractivity contribution in [2.45, 2.75) is 19.9 Å². The molecule has 1 atom stereocenters. The van der Waals surface area contributed by atoms with Crippen molar-refractivity contribution in [3.63, 3.8) is 0 Å². The molecule has 0 radical (unpaired) electrons. The molecule has 0 bridgehead atoms. The number of halogens is 1. The number of carbonyl (C=O) groups excluding carboxylic acids is 1. The fourth-order valence-electron chi connectivity index (χ4n) is 2.31. The van der Waals surface area contributed by atoms with Gasteiger partial charge in [0.1, 0.15) is 5.82 Å². The first kappa shape index (κ1) is 16.5. The smallest absolute Gasteiger partial charge is 0.338 e. The van der Waals surface area contributed by atoms with Crippen LogP contribution in [0, 0.1) is 11.7 Å². The van der Waals surface area contributed by atoms with Crippen LogP contribution >= 0.6 is 11.8 Å². The highest BCUT2D eigenvalue weighted by Crippen LogP contribution is 2.30. The summed E-state index contributed by atoms with van der Waals surface area (Å²) in [6.07, 6.45) is 1.91. The standard InChI is InChI=1S/C16H19FN2O2S/c1-9(2)13-12(15(20)21-3)14(19-16(18-13)22-4)10-5-7-11(17)8-6-10/h5-9,13H,1-4H3,(H,18,19)/t13-/m0/s1. The van der Waals surface area contributed by atoms with Gasteiger partial charge in [0.25, 0.3) is 0 Å². The van der Waals surface area contributed by atoms with Crippen molar-refractivity contribution < 1.29 is 13.9 Å². The first-order valence-corrected chi connectivity index (χ1v) is 8.17. The van der Waals surface area contributed by atoms with Gasteiger partial charge in [0, 0.05) is 0 Å². The van der Waals surface area contributed by atoms with E-state index in [1.54, 1.807) is 12.1 Å². The van der Waals surface area contributed by atoms with Crippen LogP contribution in [0.25, 0.3) is 5.70 Å². The third-order valence-corrected chi connectivity index (χ3v) is 4.01.